The molecule has 0 saturated carbocycles. The van der Waals surface area contributed by atoms with E-state index in [0.29, 0.717) is 31.1 Å². The van der Waals surface area contributed by atoms with Crippen LogP contribution in [0.2, 0.25) is 0 Å². The van der Waals surface area contributed by atoms with Crippen LogP contribution in [-0.4, -0.2) is 41.4 Å². The maximum absolute atomic E-state index is 12.7. The average molecular weight is 357 g/mol. The van der Waals surface area contributed by atoms with Crippen molar-refractivity contribution in [1.82, 2.24) is 15.5 Å². The Morgan fingerprint density at radius 3 is 3.04 bits per heavy atom. The number of aryl methyl sites for hydroxylation is 2. The van der Waals surface area contributed by atoms with Crippen molar-refractivity contribution in [3.8, 4) is 5.75 Å². The van der Waals surface area contributed by atoms with Crippen LogP contribution in [0.3, 0.4) is 0 Å². The molecule has 0 unspecified atom stereocenters. The van der Waals surface area contributed by atoms with Crippen molar-refractivity contribution in [3.63, 3.8) is 0 Å². The maximum atomic E-state index is 12.7. The molecule has 3 heterocycles. The number of rotatable bonds is 4. The normalized spacial score (nSPS) is 22.5. The Hall–Kier alpha value is -2.41. The van der Waals surface area contributed by atoms with E-state index in [-0.39, 0.29) is 18.1 Å². The Kier molecular flexibility index (Phi) is 4.88. The first-order valence-electron chi connectivity index (χ1n) is 9.16. The molecule has 138 valence electrons. The summed E-state index contributed by atoms with van der Waals surface area (Å²) in [4.78, 5) is 17.0. The fourth-order valence-electron chi connectivity index (χ4n) is 3.49. The molecule has 7 nitrogen and oxygen atoms in total. The first-order chi connectivity index (χ1) is 12.7. The second-order valence-electron chi connectivity index (χ2n) is 6.88. The molecule has 4 rings (SSSR count). The molecular formula is C19H23N3O4. The average Bonchev–Trinajstić information content (AvgIpc) is 3.09. The van der Waals surface area contributed by atoms with Gasteiger partial charge in [0.05, 0.1) is 25.5 Å². The number of carbonyl (C=O) groups is 1. The van der Waals surface area contributed by atoms with E-state index in [4.69, 9.17) is 14.0 Å². The number of carbonyl (C=O) groups excluding carboxylic acids is 1. The van der Waals surface area contributed by atoms with Gasteiger partial charge in [0.25, 0.3) is 5.91 Å². The molecule has 2 aliphatic rings. The highest BCUT2D eigenvalue weighted by Crippen LogP contribution is 2.25. The van der Waals surface area contributed by atoms with Gasteiger partial charge in [0.2, 0.25) is 0 Å². The van der Waals surface area contributed by atoms with Gasteiger partial charge < -0.3 is 19.3 Å². The van der Waals surface area contributed by atoms with Gasteiger partial charge in [0.15, 0.2) is 5.69 Å². The monoisotopic (exact) mass is 357 g/mol. The van der Waals surface area contributed by atoms with Crippen molar-refractivity contribution in [2.75, 3.05) is 13.2 Å². The zero-order valence-electron chi connectivity index (χ0n) is 14.9. The van der Waals surface area contributed by atoms with Gasteiger partial charge in [0, 0.05) is 24.1 Å². The number of hydrogen-bond acceptors (Lipinski definition) is 6. The molecule has 0 radical (unpaired) electrons. The zero-order chi connectivity index (χ0) is 17.9. The molecule has 2 aromatic rings. The SMILES string of the molecule is Cc1ccc(O[C@H]2CCOC[C@H]2NC(=O)c2noc3c2CCCC3)cn1. The quantitative estimate of drug-likeness (QED) is 0.903. The molecule has 7 heteroatoms. The number of amides is 1. The summed E-state index contributed by atoms with van der Waals surface area (Å²) in [5.41, 5.74) is 2.29. The minimum absolute atomic E-state index is 0.167. The molecule has 0 spiro atoms. The number of aromatic nitrogens is 2. The number of fused-ring (bicyclic) bond motifs is 1. The van der Waals surface area contributed by atoms with Crippen molar-refractivity contribution < 1.29 is 18.8 Å². The maximum Gasteiger partial charge on any atom is 0.274 e. The third kappa shape index (κ3) is 3.58. The van der Waals surface area contributed by atoms with Crippen LogP contribution in [0.5, 0.6) is 5.75 Å². The first-order valence-corrected chi connectivity index (χ1v) is 9.16. The van der Waals surface area contributed by atoms with Crippen molar-refractivity contribution in [2.24, 2.45) is 0 Å². The number of pyridine rings is 1. The van der Waals surface area contributed by atoms with E-state index in [1.807, 2.05) is 19.1 Å². The fraction of sp³-hybridized carbons (Fsp3) is 0.526. The molecule has 26 heavy (non-hydrogen) atoms. The third-order valence-corrected chi connectivity index (χ3v) is 4.95. The first kappa shape index (κ1) is 17.0. The van der Waals surface area contributed by atoms with Crippen LogP contribution in [0.15, 0.2) is 22.9 Å². The lowest BCUT2D eigenvalue weighted by Gasteiger charge is -2.32. The largest absolute Gasteiger partial charge is 0.486 e. The molecule has 1 aliphatic heterocycles. The van der Waals surface area contributed by atoms with E-state index in [1.165, 1.54) is 0 Å². The number of ether oxygens (including phenoxy) is 2. The van der Waals surface area contributed by atoms with Crippen LogP contribution < -0.4 is 10.1 Å². The van der Waals surface area contributed by atoms with Gasteiger partial charge in [-0.1, -0.05) is 5.16 Å². The molecule has 1 amide bonds. The molecule has 1 N–H and O–H groups in total. The lowest BCUT2D eigenvalue weighted by molar-refractivity contribution is -0.00313. The molecule has 1 fully saturated rings. The van der Waals surface area contributed by atoms with Gasteiger partial charge in [-0.2, -0.15) is 0 Å². The van der Waals surface area contributed by atoms with Gasteiger partial charge >= 0.3 is 0 Å². The van der Waals surface area contributed by atoms with Crippen molar-refractivity contribution in [2.45, 2.75) is 51.2 Å². The van der Waals surface area contributed by atoms with Crippen LogP contribution in [0.4, 0.5) is 0 Å². The molecule has 2 aromatic heterocycles. The Morgan fingerprint density at radius 2 is 2.19 bits per heavy atom. The second kappa shape index (κ2) is 7.45. The van der Waals surface area contributed by atoms with E-state index in [9.17, 15) is 4.79 Å². The Morgan fingerprint density at radius 1 is 1.31 bits per heavy atom. The van der Waals surface area contributed by atoms with Crippen molar-refractivity contribution >= 4 is 5.91 Å². The highest BCUT2D eigenvalue weighted by atomic mass is 16.5. The summed E-state index contributed by atoms with van der Waals surface area (Å²) in [5, 5.41) is 7.02. The smallest absolute Gasteiger partial charge is 0.274 e. The van der Waals surface area contributed by atoms with Crippen molar-refractivity contribution in [1.29, 1.82) is 0 Å². The number of nitrogens with one attached hydrogen (secondary N) is 1. The van der Waals surface area contributed by atoms with Gasteiger partial charge in [-0.3, -0.25) is 9.78 Å². The Balaban J connectivity index is 1.45. The van der Waals surface area contributed by atoms with Gasteiger partial charge in [-0.25, -0.2) is 0 Å². The predicted molar refractivity (Wildman–Crippen MR) is 93.2 cm³/mol. The van der Waals surface area contributed by atoms with E-state index in [1.54, 1.807) is 6.20 Å². The number of hydrogen-bond donors (Lipinski definition) is 1. The number of nitrogens with zero attached hydrogens (tertiary/aromatic N) is 2. The molecule has 0 bridgehead atoms. The lowest BCUT2D eigenvalue weighted by Crippen LogP contribution is -2.52. The van der Waals surface area contributed by atoms with E-state index in [0.717, 1.165) is 42.7 Å². The minimum Gasteiger partial charge on any atom is -0.486 e. The summed E-state index contributed by atoms with van der Waals surface area (Å²) in [7, 11) is 0. The summed E-state index contributed by atoms with van der Waals surface area (Å²) >= 11 is 0. The van der Waals surface area contributed by atoms with Crippen LogP contribution in [-0.2, 0) is 17.6 Å². The summed E-state index contributed by atoms with van der Waals surface area (Å²) in [5.74, 6) is 1.32. The zero-order valence-corrected chi connectivity index (χ0v) is 14.9. The molecular weight excluding hydrogens is 334 g/mol. The molecule has 0 aromatic carbocycles. The summed E-state index contributed by atoms with van der Waals surface area (Å²) in [6, 6.07) is 3.56. The van der Waals surface area contributed by atoms with Gasteiger partial charge in [-0.15, -0.1) is 0 Å². The topological polar surface area (TPSA) is 86.5 Å². The van der Waals surface area contributed by atoms with E-state index < -0.39 is 0 Å². The van der Waals surface area contributed by atoms with Crippen LogP contribution in [0.1, 0.15) is 46.8 Å². The highest BCUT2D eigenvalue weighted by Gasteiger charge is 2.32. The Bertz CT molecular complexity index is 772. The predicted octanol–water partition coefficient (Wildman–Crippen LogP) is 2.22. The standard InChI is InChI=1S/C19H23N3O4/c1-12-6-7-13(10-20-12)25-17-8-9-24-11-15(17)21-19(23)18-14-4-2-3-5-16(14)26-22-18/h6-7,10,15,17H,2-5,8-9,11H2,1H3,(H,21,23)/t15-,17+/m1/s1. The Labute approximate surface area is 152 Å². The second-order valence-corrected chi connectivity index (χ2v) is 6.88. The van der Waals surface area contributed by atoms with Crippen LogP contribution in [0.25, 0.3) is 0 Å². The lowest BCUT2D eigenvalue weighted by atomic mass is 9.96. The summed E-state index contributed by atoms with van der Waals surface area (Å²) in [6.07, 6.45) is 6.09. The van der Waals surface area contributed by atoms with Crippen LogP contribution in [0, 0.1) is 6.92 Å². The third-order valence-electron chi connectivity index (χ3n) is 4.95. The van der Waals surface area contributed by atoms with Crippen molar-refractivity contribution in [3.05, 3.63) is 41.0 Å². The molecule has 1 saturated heterocycles. The van der Waals surface area contributed by atoms with E-state index in [2.05, 4.69) is 15.5 Å². The minimum atomic E-state index is -0.242. The van der Waals surface area contributed by atoms with Gasteiger partial charge in [0.1, 0.15) is 17.6 Å². The van der Waals surface area contributed by atoms with E-state index >= 15 is 0 Å². The molecule has 2 atom stereocenters. The van der Waals surface area contributed by atoms with Gasteiger partial charge in [-0.05, 0) is 38.3 Å². The fourth-order valence-corrected chi connectivity index (χ4v) is 3.49. The van der Waals surface area contributed by atoms with Crippen LogP contribution >= 0.6 is 0 Å². The molecule has 1 aliphatic carbocycles. The summed E-state index contributed by atoms with van der Waals surface area (Å²) in [6.45, 7) is 2.95. The highest BCUT2D eigenvalue weighted by molar-refractivity contribution is 5.94. The summed E-state index contributed by atoms with van der Waals surface area (Å²) < 4.78 is 16.9.